The van der Waals surface area contributed by atoms with Crippen LogP contribution in [0.4, 0.5) is 5.82 Å². The van der Waals surface area contributed by atoms with E-state index in [-0.39, 0.29) is 23.7 Å². The second-order valence-corrected chi connectivity index (χ2v) is 6.96. The number of aliphatic hydroxyl groups excluding tert-OH is 1. The van der Waals surface area contributed by atoms with Gasteiger partial charge in [-0.2, -0.15) is 19.6 Å². The number of aliphatic hydroxyl groups is 1. The van der Waals surface area contributed by atoms with E-state index in [2.05, 4.69) is 25.4 Å². The van der Waals surface area contributed by atoms with E-state index in [0.717, 1.165) is 0 Å². The molecule has 0 spiro atoms. The molecule has 0 aliphatic carbocycles. The number of pyridine rings is 1. The van der Waals surface area contributed by atoms with Crippen molar-refractivity contribution in [3.05, 3.63) is 33.8 Å². The first-order valence-electron chi connectivity index (χ1n) is 7.50. The largest absolute Gasteiger partial charge is 0.394 e. The maximum absolute atomic E-state index is 9.69. The molecule has 0 aromatic carbocycles. The Morgan fingerprint density at radius 2 is 2.00 bits per heavy atom. The summed E-state index contributed by atoms with van der Waals surface area (Å²) in [4.78, 5) is 12.6. The summed E-state index contributed by atoms with van der Waals surface area (Å²) in [7, 11) is 0. The number of hydrogen-bond acceptors (Lipinski definition) is 6. The standard InChI is InChI=1S/C15H15Cl3N6O/c1-7(2)10(5-25)22-14-11(12-9(17)3-8(16)4-19-12)13(18)23-15-20-6-21-24(14)15/h3-4,6-7,10,22,25H,5H2,1-2H3. The molecule has 0 bridgehead atoms. The minimum atomic E-state index is -0.240. The first kappa shape index (κ1) is 18.1. The average Bonchev–Trinajstić information content (AvgIpc) is 3.00. The van der Waals surface area contributed by atoms with Crippen LogP contribution in [0, 0.1) is 5.92 Å². The van der Waals surface area contributed by atoms with Crippen LogP contribution in [0.3, 0.4) is 0 Å². The highest BCUT2D eigenvalue weighted by molar-refractivity contribution is 6.37. The summed E-state index contributed by atoms with van der Waals surface area (Å²) in [5, 5.41) is 18.0. The fraction of sp³-hybridized carbons (Fsp3) is 0.333. The third kappa shape index (κ3) is 3.50. The number of nitrogens with one attached hydrogen (secondary N) is 1. The first-order valence-corrected chi connectivity index (χ1v) is 8.63. The number of hydrogen-bond donors (Lipinski definition) is 2. The Bertz CT molecular complexity index is 914. The molecule has 0 radical (unpaired) electrons. The van der Waals surface area contributed by atoms with Crippen molar-refractivity contribution in [2.24, 2.45) is 5.92 Å². The zero-order valence-corrected chi connectivity index (χ0v) is 15.7. The van der Waals surface area contributed by atoms with Gasteiger partial charge in [0.1, 0.15) is 17.3 Å². The SMILES string of the molecule is CC(C)C(CO)Nc1c(-c2ncc(Cl)cc2Cl)c(Cl)nc2ncnn12. The van der Waals surface area contributed by atoms with Gasteiger partial charge in [-0.3, -0.25) is 4.98 Å². The molecular formula is C15H15Cl3N6O. The van der Waals surface area contributed by atoms with Gasteiger partial charge in [0.2, 0.25) is 0 Å². The molecule has 0 saturated carbocycles. The molecule has 25 heavy (non-hydrogen) atoms. The van der Waals surface area contributed by atoms with Crippen molar-refractivity contribution in [2.75, 3.05) is 11.9 Å². The molecule has 0 aliphatic rings. The van der Waals surface area contributed by atoms with Gasteiger partial charge in [0.15, 0.2) is 0 Å². The van der Waals surface area contributed by atoms with Gasteiger partial charge >= 0.3 is 0 Å². The van der Waals surface area contributed by atoms with Crippen LogP contribution < -0.4 is 5.32 Å². The molecule has 0 fully saturated rings. The molecule has 3 aromatic rings. The lowest BCUT2D eigenvalue weighted by Crippen LogP contribution is -2.31. The minimum Gasteiger partial charge on any atom is -0.394 e. The summed E-state index contributed by atoms with van der Waals surface area (Å²) in [6, 6.07) is 1.33. The third-order valence-electron chi connectivity index (χ3n) is 3.75. The van der Waals surface area contributed by atoms with Crippen LogP contribution >= 0.6 is 34.8 Å². The molecule has 0 aliphatic heterocycles. The van der Waals surface area contributed by atoms with Crippen LogP contribution in [0.1, 0.15) is 13.8 Å². The number of aromatic nitrogens is 5. The molecule has 3 aromatic heterocycles. The van der Waals surface area contributed by atoms with E-state index in [9.17, 15) is 5.11 Å². The molecule has 3 heterocycles. The molecule has 132 valence electrons. The van der Waals surface area contributed by atoms with Gasteiger partial charge in [0.05, 0.1) is 34.0 Å². The summed E-state index contributed by atoms with van der Waals surface area (Å²) in [6.07, 6.45) is 2.84. The zero-order chi connectivity index (χ0) is 18.1. The van der Waals surface area contributed by atoms with Crippen LogP contribution in [-0.4, -0.2) is 42.3 Å². The Morgan fingerprint density at radius 3 is 2.64 bits per heavy atom. The van der Waals surface area contributed by atoms with Gasteiger partial charge in [0.25, 0.3) is 5.78 Å². The van der Waals surface area contributed by atoms with Gasteiger partial charge < -0.3 is 10.4 Å². The van der Waals surface area contributed by atoms with E-state index in [1.807, 2.05) is 13.8 Å². The molecule has 7 nitrogen and oxygen atoms in total. The van der Waals surface area contributed by atoms with Crippen molar-refractivity contribution in [1.29, 1.82) is 0 Å². The summed E-state index contributed by atoms with van der Waals surface area (Å²) < 4.78 is 1.50. The predicted octanol–water partition coefficient (Wildman–Crippen LogP) is 3.58. The summed E-state index contributed by atoms with van der Waals surface area (Å²) in [5.74, 6) is 0.968. The number of rotatable bonds is 5. The molecule has 0 saturated heterocycles. The van der Waals surface area contributed by atoms with Crippen molar-refractivity contribution >= 4 is 46.4 Å². The Labute approximate surface area is 159 Å². The maximum Gasteiger partial charge on any atom is 0.255 e. The second kappa shape index (κ2) is 7.29. The van der Waals surface area contributed by atoms with Crippen molar-refractivity contribution in [3.63, 3.8) is 0 Å². The Balaban J connectivity index is 2.26. The zero-order valence-electron chi connectivity index (χ0n) is 13.4. The van der Waals surface area contributed by atoms with Gasteiger partial charge in [-0.15, -0.1) is 0 Å². The van der Waals surface area contributed by atoms with Crippen molar-refractivity contribution in [3.8, 4) is 11.3 Å². The number of fused-ring (bicyclic) bond motifs is 1. The third-order valence-corrected chi connectivity index (χ3v) is 4.52. The second-order valence-electron chi connectivity index (χ2n) is 5.76. The van der Waals surface area contributed by atoms with Gasteiger partial charge in [-0.25, -0.2) is 0 Å². The van der Waals surface area contributed by atoms with E-state index in [0.29, 0.717) is 32.9 Å². The van der Waals surface area contributed by atoms with E-state index >= 15 is 0 Å². The molecule has 1 unspecified atom stereocenters. The van der Waals surface area contributed by atoms with E-state index in [1.54, 1.807) is 6.07 Å². The normalized spacial score (nSPS) is 12.8. The summed E-state index contributed by atoms with van der Waals surface area (Å²) >= 11 is 18.6. The van der Waals surface area contributed by atoms with Gasteiger partial charge in [0, 0.05) is 6.20 Å². The monoisotopic (exact) mass is 400 g/mol. The van der Waals surface area contributed by atoms with E-state index in [1.165, 1.54) is 17.0 Å². The quantitative estimate of drug-likeness (QED) is 0.635. The van der Waals surface area contributed by atoms with Gasteiger partial charge in [-0.05, 0) is 12.0 Å². The molecule has 2 N–H and O–H groups in total. The van der Waals surface area contributed by atoms with Crippen LogP contribution in [0.5, 0.6) is 0 Å². The summed E-state index contributed by atoms with van der Waals surface area (Å²) in [5.41, 5.74) is 0.865. The van der Waals surface area contributed by atoms with Crippen LogP contribution in [0.25, 0.3) is 17.0 Å². The van der Waals surface area contributed by atoms with Crippen LogP contribution in [0.2, 0.25) is 15.2 Å². The lowest BCUT2D eigenvalue weighted by molar-refractivity contribution is 0.249. The lowest BCUT2D eigenvalue weighted by Gasteiger charge is -2.23. The number of halogens is 3. The average molecular weight is 402 g/mol. The van der Waals surface area contributed by atoms with Crippen molar-refractivity contribution in [1.82, 2.24) is 24.6 Å². The Hall–Kier alpha value is -1.67. The number of nitrogens with zero attached hydrogens (tertiary/aromatic N) is 5. The van der Waals surface area contributed by atoms with Gasteiger partial charge in [-0.1, -0.05) is 48.7 Å². The maximum atomic E-state index is 9.69. The van der Waals surface area contributed by atoms with E-state index < -0.39 is 0 Å². The minimum absolute atomic E-state index is 0.0744. The topological polar surface area (TPSA) is 88.2 Å². The highest BCUT2D eigenvalue weighted by Gasteiger charge is 2.23. The molecule has 0 amide bonds. The number of anilines is 1. The van der Waals surface area contributed by atoms with Crippen LogP contribution in [0.15, 0.2) is 18.6 Å². The Kier molecular flexibility index (Phi) is 5.29. The molecule has 3 rings (SSSR count). The highest BCUT2D eigenvalue weighted by atomic mass is 35.5. The molecular weight excluding hydrogens is 387 g/mol. The molecule has 10 heteroatoms. The smallest absolute Gasteiger partial charge is 0.255 e. The highest BCUT2D eigenvalue weighted by Crippen LogP contribution is 2.37. The fourth-order valence-electron chi connectivity index (χ4n) is 2.36. The van der Waals surface area contributed by atoms with Crippen LogP contribution in [-0.2, 0) is 0 Å². The predicted molar refractivity (Wildman–Crippen MR) is 98.4 cm³/mol. The molecule has 1 atom stereocenters. The summed E-state index contributed by atoms with van der Waals surface area (Å²) in [6.45, 7) is 3.90. The fourth-order valence-corrected chi connectivity index (χ4v) is 3.09. The van der Waals surface area contributed by atoms with E-state index in [4.69, 9.17) is 34.8 Å². The lowest BCUT2D eigenvalue weighted by atomic mass is 10.0. The van der Waals surface area contributed by atoms with Crippen molar-refractivity contribution < 1.29 is 5.11 Å². The first-order chi connectivity index (χ1) is 11.9. The Morgan fingerprint density at radius 1 is 1.24 bits per heavy atom. The van der Waals surface area contributed by atoms with Crippen molar-refractivity contribution in [2.45, 2.75) is 19.9 Å².